The van der Waals surface area contributed by atoms with Gasteiger partial charge >= 0.3 is 0 Å². The van der Waals surface area contributed by atoms with Crippen LogP contribution in [0.25, 0.3) is 10.8 Å². The summed E-state index contributed by atoms with van der Waals surface area (Å²) in [6, 6.07) is 34.1. The van der Waals surface area contributed by atoms with Crippen molar-refractivity contribution in [2.45, 2.75) is 12.2 Å². The average Bonchev–Trinajstić information content (AvgIpc) is 2.70. The van der Waals surface area contributed by atoms with Crippen LogP contribution in [0.1, 0.15) is 34.5 Å². The summed E-state index contributed by atoms with van der Waals surface area (Å²) in [6.45, 7) is 0. The van der Waals surface area contributed by atoms with Crippen LogP contribution in [-0.4, -0.2) is 0 Å². The summed E-state index contributed by atoms with van der Waals surface area (Å²) in [6.07, 6.45) is -0.102. The Morgan fingerprint density at radius 2 is 0.960 bits per heavy atom. The van der Waals surface area contributed by atoms with Gasteiger partial charge in [-0.25, -0.2) is 0 Å². The molecule has 120 valence electrons. The molecule has 0 saturated carbocycles. The summed E-state index contributed by atoms with van der Waals surface area (Å²) in [7, 11) is 0. The van der Waals surface area contributed by atoms with Gasteiger partial charge in [0.25, 0.3) is 0 Å². The predicted molar refractivity (Wildman–Crippen MR) is 102 cm³/mol. The third-order valence-corrected chi connectivity index (χ3v) is 5.01. The van der Waals surface area contributed by atoms with Gasteiger partial charge < -0.3 is 4.74 Å². The van der Waals surface area contributed by atoms with Crippen LogP contribution in [0.5, 0.6) is 0 Å². The highest BCUT2D eigenvalue weighted by atomic mass is 16.5. The molecule has 0 spiro atoms. The fourth-order valence-electron chi connectivity index (χ4n) is 3.89. The third kappa shape index (κ3) is 2.36. The zero-order valence-electron chi connectivity index (χ0n) is 13.8. The van der Waals surface area contributed by atoms with Crippen LogP contribution in [0.4, 0.5) is 0 Å². The highest BCUT2D eigenvalue weighted by Crippen LogP contribution is 2.45. The Labute approximate surface area is 147 Å². The molecule has 0 radical (unpaired) electrons. The van der Waals surface area contributed by atoms with E-state index >= 15 is 0 Å². The number of ether oxygens (including phenoxy) is 1. The number of hydrogen-bond acceptors (Lipinski definition) is 1. The molecule has 1 heteroatoms. The molecule has 0 amide bonds. The van der Waals surface area contributed by atoms with Crippen molar-refractivity contribution in [1.29, 1.82) is 0 Å². The van der Waals surface area contributed by atoms with Crippen molar-refractivity contribution in [3.05, 3.63) is 119 Å². The van der Waals surface area contributed by atoms with E-state index in [9.17, 15) is 0 Å². The van der Waals surface area contributed by atoms with Crippen LogP contribution in [0.3, 0.4) is 0 Å². The maximum absolute atomic E-state index is 6.68. The van der Waals surface area contributed by atoms with Crippen LogP contribution in [0.2, 0.25) is 0 Å². The lowest BCUT2D eigenvalue weighted by molar-refractivity contribution is 0.0269. The SMILES string of the molecule is c1ccc(C2OC(c3ccccc3)c3cccc4cccc2c34)cc1. The lowest BCUT2D eigenvalue weighted by atomic mass is 9.86. The molecule has 0 N–H and O–H groups in total. The molecule has 2 atom stereocenters. The molecule has 5 rings (SSSR count). The summed E-state index contributed by atoms with van der Waals surface area (Å²) in [5.41, 5.74) is 4.91. The van der Waals surface area contributed by atoms with E-state index in [1.807, 2.05) is 0 Å². The largest absolute Gasteiger partial charge is 0.356 e. The Kier molecular flexibility index (Phi) is 3.39. The van der Waals surface area contributed by atoms with Crippen molar-refractivity contribution in [2.24, 2.45) is 0 Å². The summed E-state index contributed by atoms with van der Waals surface area (Å²) in [5.74, 6) is 0. The summed E-state index contributed by atoms with van der Waals surface area (Å²) in [4.78, 5) is 0. The highest BCUT2D eigenvalue weighted by Gasteiger charge is 2.31. The molecule has 4 aromatic rings. The second-order valence-electron chi connectivity index (χ2n) is 6.51. The maximum Gasteiger partial charge on any atom is 0.109 e. The standard InChI is InChI=1S/C24H18O/c1-3-9-18(10-4-1)23-20-15-7-13-17-14-8-16-21(22(17)20)24(25-23)19-11-5-2-6-12-19/h1-16,23-24H. The van der Waals surface area contributed by atoms with Gasteiger partial charge in [-0.1, -0.05) is 97.1 Å². The van der Waals surface area contributed by atoms with Gasteiger partial charge in [-0.2, -0.15) is 0 Å². The van der Waals surface area contributed by atoms with Gasteiger partial charge in [0.1, 0.15) is 12.2 Å². The predicted octanol–water partition coefficient (Wildman–Crippen LogP) is 6.05. The number of hydrogen-bond donors (Lipinski definition) is 0. The molecular formula is C24H18O. The zero-order chi connectivity index (χ0) is 16.6. The van der Waals surface area contributed by atoms with E-state index in [1.165, 1.54) is 33.0 Å². The summed E-state index contributed by atoms with van der Waals surface area (Å²) in [5, 5.41) is 2.61. The van der Waals surface area contributed by atoms with Crippen LogP contribution in [-0.2, 0) is 4.74 Å². The van der Waals surface area contributed by atoms with Crippen molar-refractivity contribution < 1.29 is 4.74 Å². The minimum atomic E-state index is -0.0509. The fraction of sp³-hybridized carbons (Fsp3) is 0.0833. The van der Waals surface area contributed by atoms with E-state index in [2.05, 4.69) is 97.1 Å². The van der Waals surface area contributed by atoms with E-state index < -0.39 is 0 Å². The monoisotopic (exact) mass is 322 g/mol. The van der Waals surface area contributed by atoms with Gasteiger partial charge in [0.05, 0.1) is 0 Å². The molecule has 1 nitrogen and oxygen atoms in total. The normalized spacial score (nSPS) is 19.0. The Hall–Kier alpha value is -2.90. The first kappa shape index (κ1) is 14.4. The van der Waals surface area contributed by atoms with Crippen LogP contribution in [0, 0.1) is 0 Å². The highest BCUT2D eigenvalue weighted by molar-refractivity contribution is 5.91. The van der Waals surface area contributed by atoms with Crippen molar-refractivity contribution in [3.8, 4) is 0 Å². The van der Waals surface area contributed by atoms with Crippen LogP contribution in [0.15, 0.2) is 97.1 Å². The first-order valence-electron chi connectivity index (χ1n) is 8.69. The molecule has 0 saturated heterocycles. The quantitative estimate of drug-likeness (QED) is 0.436. The molecule has 0 aromatic heterocycles. The molecule has 1 heterocycles. The molecule has 2 unspecified atom stereocenters. The Balaban J connectivity index is 1.79. The second-order valence-corrected chi connectivity index (χ2v) is 6.51. The van der Waals surface area contributed by atoms with Crippen molar-refractivity contribution in [1.82, 2.24) is 0 Å². The van der Waals surface area contributed by atoms with Gasteiger partial charge in [-0.15, -0.1) is 0 Å². The van der Waals surface area contributed by atoms with Crippen LogP contribution < -0.4 is 0 Å². The number of rotatable bonds is 2. The van der Waals surface area contributed by atoms with Gasteiger partial charge in [0, 0.05) is 0 Å². The summed E-state index contributed by atoms with van der Waals surface area (Å²) >= 11 is 0. The molecular weight excluding hydrogens is 304 g/mol. The smallest absolute Gasteiger partial charge is 0.109 e. The minimum absolute atomic E-state index is 0.0509. The fourth-order valence-corrected chi connectivity index (χ4v) is 3.89. The molecule has 0 fully saturated rings. The minimum Gasteiger partial charge on any atom is -0.356 e. The first-order chi connectivity index (χ1) is 12.4. The first-order valence-corrected chi connectivity index (χ1v) is 8.69. The van der Waals surface area contributed by atoms with E-state index in [0.717, 1.165) is 0 Å². The van der Waals surface area contributed by atoms with E-state index in [4.69, 9.17) is 4.74 Å². The topological polar surface area (TPSA) is 9.23 Å². The van der Waals surface area contributed by atoms with E-state index in [0.29, 0.717) is 0 Å². The van der Waals surface area contributed by atoms with Gasteiger partial charge in [0.15, 0.2) is 0 Å². The maximum atomic E-state index is 6.68. The van der Waals surface area contributed by atoms with Gasteiger partial charge in [-0.3, -0.25) is 0 Å². The zero-order valence-corrected chi connectivity index (χ0v) is 13.8. The molecule has 1 aliphatic rings. The molecule has 25 heavy (non-hydrogen) atoms. The Morgan fingerprint density at radius 3 is 1.44 bits per heavy atom. The lowest BCUT2D eigenvalue weighted by Crippen LogP contribution is -2.18. The third-order valence-electron chi connectivity index (χ3n) is 5.01. The molecule has 0 aliphatic carbocycles. The van der Waals surface area contributed by atoms with E-state index in [-0.39, 0.29) is 12.2 Å². The second kappa shape index (κ2) is 5.87. The van der Waals surface area contributed by atoms with Crippen molar-refractivity contribution in [3.63, 3.8) is 0 Å². The lowest BCUT2D eigenvalue weighted by Gasteiger charge is -2.33. The van der Waals surface area contributed by atoms with Crippen molar-refractivity contribution >= 4 is 10.8 Å². The van der Waals surface area contributed by atoms with Gasteiger partial charge in [0.2, 0.25) is 0 Å². The Bertz CT molecular complexity index is 941. The molecule has 1 aliphatic heterocycles. The van der Waals surface area contributed by atoms with E-state index in [1.54, 1.807) is 0 Å². The Morgan fingerprint density at radius 1 is 0.480 bits per heavy atom. The number of benzene rings is 4. The van der Waals surface area contributed by atoms with Crippen LogP contribution >= 0.6 is 0 Å². The molecule has 0 bridgehead atoms. The average molecular weight is 322 g/mol. The van der Waals surface area contributed by atoms with Gasteiger partial charge in [-0.05, 0) is 33.0 Å². The van der Waals surface area contributed by atoms with Crippen molar-refractivity contribution in [2.75, 3.05) is 0 Å². The molecule has 4 aromatic carbocycles. The summed E-state index contributed by atoms with van der Waals surface area (Å²) < 4.78 is 6.68.